The number of aromatic nitrogens is 4. The van der Waals surface area contributed by atoms with Gasteiger partial charge in [-0.3, -0.25) is 14.7 Å². The van der Waals surface area contributed by atoms with Gasteiger partial charge in [-0.05, 0) is 31.0 Å². The van der Waals surface area contributed by atoms with Gasteiger partial charge in [0.15, 0.2) is 5.65 Å². The molecule has 3 heterocycles. The summed E-state index contributed by atoms with van der Waals surface area (Å²) >= 11 is 0. The van der Waals surface area contributed by atoms with Crippen LogP contribution in [-0.4, -0.2) is 50.3 Å². The zero-order valence-corrected chi connectivity index (χ0v) is 17.6. The Morgan fingerprint density at radius 3 is 2.52 bits per heavy atom. The van der Waals surface area contributed by atoms with E-state index in [2.05, 4.69) is 57.1 Å². The van der Waals surface area contributed by atoms with Crippen LogP contribution in [0.5, 0.6) is 0 Å². The molecule has 1 saturated heterocycles. The lowest BCUT2D eigenvalue weighted by Crippen LogP contribution is -2.34. The number of rotatable bonds is 4. The Labute approximate surface area is 181 Å². The number of benzene rings is 2. The summed E-state index contributed by atoms with van der Waals surface area (Å²) in [6, 6.07) is 20.8. The highest BCUT2D eigenvalue weighted by molar-refractivity contribution is 5.76. The van der Waals surface area contributed by atoms with Gasteiger partial charge >= 0.3 is 0 Å². The summed E-state index contributed by atoms with van der Waals surface area (Å²) in [5, 5.41) is 4.91. The minimum Gasteiger partial charge on any atom is -0.341 e. The molecule has 0 saturated carbocycles. The average Bonchev–Trinajstić information content (AvgIpc) is 3.15. The number of nitrogens with zero attached hydrogens (tertiary/aromatic N) is 5. The number of anilines is 1. The lowest BCUT2D eigenvalue weighted by atomic mass is 10.1. The first-order valence-electron chi connectivity index (χ1n) is 10.8. The Morgan fingerprint density at radius 1 is 1.00 bits per heavy atom. The summed E-state index contributed by atoms with van der Waals surface area (Å²) in [7, 11) is 0. The first-order chi connectivity index (χ1) is 15.2. The van der Waals surface area contributed by atoms with Gasteiger partial charge in [-0.25, -0.2) is 4.68 Å². The number of nitrogens with one attached hydrogen (secondary N) is 1. The van der Waals surface area contributed by atoms with Crippen molar-refractivity contribution in [3.63, 3.8) is 0 Å². The van der Waals surface area contributed by atoms with Crippen molar-refractivity contribution in [3.8, 4) is 5.69 Å². The molecule has 7 heteroatoms. The van der Waals surface area contributed by atoms with E-state index >= 15 is 0 Å². The van der Waals surface area contributed by atoms with Gasteiger partial charge in [0.05, 0.1) is 11.9 Å². The molecule has 5 rings (SSSR count). The van der Waals surface area contributed by atoms with Crippen LogP contribution in [0.1, 0.15) is 18.9 Å². The van der Waals surface area contributed by atoms with Gasteiger partial charge in [0, 0.05) is 32.2 Å². The topological polar surface area (TPSA) is 70.0 Å². The monoisotopic (exact) mass is 414 g/mol. The predicted molar refractivity (Wildman–Crippen MR) is 123 cm³/mol. The molecule has 0 bridgehead atoms. The van der Waals surface area contributed by atoms with Crippen LogP contribution in [0.2, 0.25) is 0 Å². The molecule has 2 aromatic carbocycles. The first kappa shape index (κ1) is 19.5. The van der Waals surface area contributed by atoms with E-state index in [-0.39, 0.29) is 5.56 Å². The Bertz CT molecular complexity index is 1220. The molecule has 1 aliphatic rings. The Kier molecular flexibility index (Phi) is 5.26. The molecular weight excluding hydrogens is 388 g/mol. The maximum atomic E-state index is 12.8. The smallest absolute Gasteiger partial charge is 0.263 e. The van der Waals surface area contributed by atoms with E-state index in [0.717, 1.165) is 38.3 Å². The number of para-hydroxylation sites is 1. The molecule has 158 valence electrons. The predicted octanol–water partition coefficient (Wildman–Crippen LogP) is 3.21. The second kappa shape index (κ2) is 8.35. The Hall–Kier alpha value is -3.45. The standard InChI is InChI=1S/C24H26N6O/c1-18-12-13-28(14-15-29(18)17-19-8-4-2-5-9-19)24-26-22-21(23(31)27-24)16-25-30(22)20-10-6-3-7-11-20/h2-11,16,18H,12-15,17H2,1H3,(H,26,27,31). The third kappa shape index (κ3) is 3.96. The lowest BCUT2D eigenvalue weighted by molar-refractivity contribution is 0.212. The summed E-state index contributed by atoms with van der Waals surface area (Å²) in [4.78, 5) is 25.2. The van der Waals surface area contributed by atoms with E-state index in [1.807, 2.05) is 30.3 Å². The molecule has 1 aliphatic heterocycles. The molecule has 2 aromatic heterocycles. The van der Waals surface area contributed by atoms with E-state index in [9.17, 15) is 4.79 Å². The molecule has 0 radical (unpaired) electrons. The molecule has 1 N–H and O–H groups in total. The first-order valence-corrected chi connectivity index (χ1v) is 10.8. The van der Waals surface area contributed by atoms with E-state index in [1.54, 1.807) is 10.9 Å². The summed E-state index contributed by atoms with van der Waals surface area (Å²) in [6.45, 7) is 5.77. The minimum absolute atomic E-state index is 0.152. The van der Waals surface area contributed by atoms with E-state index in [0.29, 0.717) is 23.0 Å². The maximum Gasteiger partial charge on any atom is 0.263 e. The highest BCUT2D eigenvalue weighted by Crippen LogP contribution is 2.20. The Morgan fingerprint density at radius 2 is 1.74 bits per heavy atom. The third-order valence-electron chi connectivity index (χ3n) is 6.05. The molecule has 31 heavy (non-hydrogen) atoms. The Balaban J connectivity index is 1.42. The molecule has 0 aliphatic carbocycles. The van der Waals surface area contributed by atoms with Gasteiger partial charge in [0.25, 0.3) is 5.56 Å². The average molecular weight is 415 g/mol. The SMILES string of the molecule is CC1CCN(c2nc3c(cnn3-c3ccccc3)c(=O)[nH]2)CCN1Cc1ccccc1. The lowest BCUT2D eigenvalue weighted by Gasteiger charge is -2.26. The van der Waals surface area contributed by atoms with Crippen molar-refractivity contribution in [1.82, 2.24) is 24.6 Å². The van der Waals surface area contributed by atoms with Gasteiger partial charge < -0.3 is 4.90 Å². The number of hydrogen-bond acceptors (Lipinski definition) is 5. The second-order valence-electron chi connectivity index (χ2n) is 8.10. The van der Waals surface area contributed by atoms with Crippen LogP contribution in [0.25, 0.3) is 16.7 Å². The van der Waals surface area contributed by atoms with Gasteiger partial charge in [0.1, 0.15) is 5.39 Å². The molecule has 1 fully saturated rings. The molecule has 0 spiro atoms. The van der Waals surface area contributed by atoms with Gasteiger partial charge in [-0.2, -0.15) is 10.1 Å². The fraction of sp³-hybridized carbons (Fsp3) is 0.292. The van der Waals surface area contributed by atoms with Crippen LogP contribution in [0.3, 0.4) is 0 Å². The quantitative estimate of drug-likeness (QED) is 0.555. The zero-order chi connectivity index (χ0) is 21.2. The molecular formula is C24H26N6O. The number of fused-ring (bicyclic) bond motifs is 1. The molecule has 7 nitrogen and oxygen atoms in total. The van der Waals surface area contributed by atoms with Crippen molar-refractivity contribution in [2.45, 2.75) is 25.9 Å². The number of H-pyrrole nitrogens is 1. The summed E-state index contributed by atoms with van der Waals surface area (Å²) in [5.41, 5.74) is 2.64. The van der Waals surface area contributed by atoms with Crippen LogP contribution < -0.4 is 10.5 Å². The van der Waals surface area contributed by atoms with Crippen LogP contribution in [0, 0.1) is 0 Å². The third-order valence-corrected chi connectivity index (χ3v) is 6.05. The normalized spacial score (nSPS) is 17.7. The van der Waals surface area contributed by atoms with Crippen molar-refractivity contribution in [1.29, 1.82) is 0 Å². The second-order valence-corrected chi connectivity index (χ2v) is 8.10. The highest BCUT2D eigenvalue weighted by atomic mass is 16.1. The maximum absolute atomic E-state index is 12.8. The van der Waals surface area contributed by atoms with Gasteiger partial charge in [-0.1, -0.05) is 48.5 Å². The number of hydrogen-bond donors (Lipinski definition) is 1. The minimum atomic E-state index is -0.152. The molecule has 4 aromatic rings. The summed E-state index contributed by atoms with van der Waals surface area (Å²) in [5.74, 6) is 0.615. The molecule has 1 unspecified atom stereocenters. The highest BCUT2D eigenvalue weighted by Gasteiger charge is 2.23. The van der Waals surface area contributed by atoms with Crippen molar-refractivity contribution in [3.05, 3.63) is 82.8 Å². The van der Waals surface area contributed by atoms with Crippen molar-refractivity contribution >= 4 is 17.0 Å². The van der Waals surface area contributed by atoms with Crippen LogP contribution in [0.4, 0.5) is 5.95 Å². The molecule has 1 atom stereocenters. The van der Waals surface area contributed by atoms with Gasteiger partial charge in [0.2, 0.25) is 5.95 Å². The summed E-state index contributed by atoms with van der Waals surface area (Å²) in [6.07, 6.45) is 2.59. The summed E-state index contributed by atoms with van der Waals surface area (Å²) < 4.78 is 1.73. The molecule has 0 amide bonds. The number of aromatic amines is 1. The largest absolute Gasteiger partial charge is 0.341 e. The van der Waals surface area contributed by atoms with E-state index in [1.165, 1.54) is 5.56 Å². The van der Waals surface area contributed by atoms with Crippen LogP contribution in [-0.2, 0) is 6.54 Å². The fourth-order valence-corrected chi connectivity index (χ4v) is 4.19. The van der Waals surface area contributed by atoms with Crippen molar-refractivity contribution < 1.29 is 0 Å². The van der Waals surface area contributed by atoms with Crippen molar-refractivity contribution in [2.24, 2.45) is 0 Å². The van der Waals surface area contributed by atoms with Crippen LogP contribution in [0.15, 0.2) is 71.7 Å². The zero-order valence-electron chi connectivity index (χ0n) is 17.6. The van der Waals surface area contributed by atoms with Crippen molar-refractivity contribution in [2.75, 3.05) is 24.5 Å². The van der Waals surface area contributed by atoms with E-state index in [4.69, 9.17) is 4.98 Å². The van der Waals surface area contributed by atoms with E-state index < -0.39 is 0 Å². The van der Waals surface area contributed by atoms with Crippen LogP contribution >= 0.6 is 0 Å². The fourth-order valence-electron chi connectivity index (χ4n) is 4.19. The van der Waals surface area contributed by atoms with Gasteiger partial charge in [-0.15, -0.1) is 0 Å².